The zero-order valence-electron chi connectivity index (χ0n) is 18.4. The number of methoxy groups -OCH3 is 2. The summed E-state index contributed by atoms with van der Waals surface area (Å²) in [5, 5.41) is 4.27. The van der Waals surface area contributed by atoms with Crippen LogP contribution in [-0.2, 0) is 21.6 Å². The van der Waals surface area contributed by atoms with Gasteiger partial charge in [0.05, 0.1) is 12.8 Å². The van der Waals surface area contributed by atoms with Crippen LogP contribution in [0.3, 0.4) is 0 Å². The minimum absolute atomic E-state index is 0.316. The van der Waals surface area contributed by atoms with Crippen LogP contribution in [0, 0.1) is 13.8 Å². The zero-order chi connectivity index (χ0) is 21.1. The lowest BCUT2D eigenvalue weighted by Crippen LogP contribution is -2.43. The molecular formula is C22H32N4O4. The molecule has 4 rings (SSSR count). The number of nitrogens with zero attached hydrogens (tertiary/aromatic N) is 4. The SMILES string of the molecule is COc1c(C)cnc(CN2CCC(OC)(c3nc(C4CCOCC4)no3)CC2)c1C. The van der Waals surface area contributed by atoms with Crippen LogP contribution in [0.2, 0.25) is 0 Å². The molecule has 2 aliphatic rings. The fraction of sp³-hybridized carbons (Fsp3) is 0.682. The standard InChI is InChI=1S/C22H32N4O4/c1-15-13-23-18(16(2)19(15)27-3)14-26-9-7-22(28-4,8-10-26)21-24-20(25-30-21)17-5-11-29-12-6-17/h13,17H,5-12,14H2,1-4H3. The Morgan fingerprint density at radius 2 is 1.90 bits per heavy atom. The van der Waals surface area contributed by atoms with Crippen LogP contribution in [0.1, 0.15) is 60.1 Å². The number of aromatic nitrogens is 3. The van der Waals surface area contributed by atoms with Gasteiger partial charge >= 0.3 is 0 Å². The van der Waals surface area contributed by atoms with Crippen molar-refractivity contribution in [2.45, 2.75) is 57.6 Å². The molecule has 2 aromatic heterocycles. The summed E-state index contributed by atoms with van der Waals surface area (Å²) in [6.45, 7) is 8.16. The predicted molar refractivity (Wildman–Crippen MR) is 111 cm³/mol. The van der Waals surface area contributed by atoms with Crippen molar-refractivity contribution < 1.29 is 18.7 Å². The summed E-state index contributed by atoms with van der Waals surface area (Å²) in [5.74, 6) is 2.64. The van der Waals surface area contributed by atoms with Crippen LogP contribution in [0.4, 0.5) is 0 Å². The average Bonchev–Trinajstić information content (AvgIpc) is 3.28. The molecule has 2 saturated heterocycles. The second-order valence-electron chi connectivity index (χ2n) is 8.37. The molecule has 0 spiro atoms. The van der Waals surface area contributed by atoms with Gasteiger partial charge in [-0.3, -0.25) is 9.88 Å². The van der Waals surface area contributed by atoms with E-state index in [0.717, 1.165) is 86.9 Å². The summed E-state index contributed by atoms with van der Waals surface area (Å²) in [5.41, 5.74) is 2.72. The zero-order valence-corrected chi connectivity index (χ0v) is 18.4. The molecule has 2 fully saturated rings. The molecule has 2 aromatic rings. The number of rotatable bonds is 6. The third-order valence-electron chi connectivity index (χ3n) is 6.60. The molecule has 0 saturated carbocycles. The van der Waals surface area contributed by atoms with Gasteiger partial charge < -0.3 is 18.7 Å². The first-order chi connectivity index (χ1) is 14.6. The molecule has 0 N–H and O–H groups in total. The minimum atomic E-state index is -0.514. The molecule has 0 unspecified atom stereocenters. The fourth-order valence-electron chi connectivity index (χ4n) is 4.56. The van der Waals surface area contributed by atoms with E-state index < -0.39 is 5.60 Å². The Balaban J connectivity index is 1.43. The maximum Gasteiger partial charge on any atom is 0.258 e. The Morgan fingerprint density at radius 1 is 1.17 bits per heavy atom. The molecule has 30 heavy (non-hydrogen) atoms. The van der Waals surface area contributed by atoms with E-state index in [2.05, 4.69) is 22.0 Å². The van der Waals surface area contributed by atoms with Gasteiger partial charge in [0.2, 0.25) is 0 Å². The third-order valence-corrected chi connectivity index (χ3v) is 6.60. The first-order valence-electron chi connectivity index (χ1n) is 10.7. The van der Waals surface area contributed by atoms with Crippen LogP contribution in [0.5, 0.6) is 5.75 Å². The number of piperidine rings is 1. The van der Waals surface area contributed by atoms with Gasteiger partial charge in [0, 0.05) is 63.2 Å². The van der Waals surface area contributed by atoms with Crippen molar-refractivity contribution in [1.29, 1.82) is 0 Å². The predicted octanol–water partition coefficient (Wildman–Crippen LogP) is 3.12. The highest BCUT2D eigenvalue weighted by atomic mass is 16.5. The summed E-state index contributed by atoms with van der Waals surface area (Å²) < 4.78 is 22.6. The molecule has 0 atom stereocenters. The van der Waals surface area contributed by atoms with Gasteiger partial charge in [-0.15, -0.1) is 0 Å². The van der Waals surface area contributed by atoms with E-state index >= 15 is 0 Å². The number of ether oxygens (including phenoxy) is 3. The summed E-state index contributed by atoms with van der Waals surface area (Å²) in [7, 11) is 3.45. The highest BCUT2D eigenvalue weighted by Crippen LogP contribution is 2.37. The van der Waals surface area contributed by atoms with Gasteiger partial charge in [0.15, 0.2) is 5.82 Å². The van der Waals surface area contributed by atoms with Crippen LogP contribution in [-0.4, -0.2) is 60.5 Å². The van der Waals surface area contributed by atoms with E-state index in [1.165, 1.54) is 0 Å². The minimum Gasteiger partial charge on any atom is -0.496 e. The van der Waals surface area contributed by atoms with Gasteiger partial charge in [-0.2, -0.15) is 4.98 Å². The summed E-state index contributed by atoms with van der Waals surface area (Å²) >= 11 is 0. The van der Waals surface area contributed by atoms with Gasteiger partial charge in [-0.25, -0.2) is 0 Å². The first-order valence-corrected chi connectivity index (χ1v) is 10.7. The molecular weight excluding hydrogens is 384 g/mol. The quantitative estimate of drug-likeness (QED) is 0.710. The Morgan fingerprint density at radius 3 is 2.57 bits per heavy atom. The lowest BCUT2D eigenvalue weighted by atomic mass is 9.90. The average molecular weight is 417 g/mol. The van der Waals surface area contributed by atoms with Crippen LogP contribution in [0.25, 0.3) is 0 Å². The van der Waals surface area contributed by atoms with Gasteiger partial charge in [0.1, 0.15) is 11.4 Å². The number of hydrogen-bond donors (Lipinski definition) is 0. The largest absolute Gasteiger partial charge is 0.496 e. The third kappa shape index (κ3) is 4.08. The van der Waals surface area contributed by atoms with Crippen LogP contribution in [0.15, 0.2) is 10.7 Å². The number of likely N-dealkylation sites (tertiary alicyclic amines) is 1. The van der Waals surface area contributed by atoms with E-state index in [9.17, 15) is 0 Å². The van der Waals surface area contributed by atoms with Crippen molar-refractivity contribution in [2.24, 2.45) is 0 Å². The van der Waals surface area contributed by atoms with E-state index in [1.807, 2.05) is 13.1 Å². The summed E-state index contributed by atoms with van der Waals surface area (Å²) in [4.78, 5) is 11.8. The van der Waals surface area contributed by atoms with Crippen molar-refractivity contribution in [3.8, 4) is 5.75 Å². The van der Waals surface area contributed by atoms with Crippen molar-refractivity contribution in [1.82, 2.24) is 20.0 Å². The van der Waals surface area contributed by atoms with Gasteiger partial charge in [-0.1, -0.05) is 5.16 Å². The van der Waals surface area contributed by atoms with E-state index in [4.69, 9.17) is 23.7 Å². The molecule has 0 aromatic carbocycles. The highest BCUT2D eigenvalue weighted by Gasteiger charge is 2.42. The Labute approximate surface area is 177 Å². The first kappa shape index (κ1) is 21.2. The molecule has 8 nitrogen and oxygen atoms in total. The second kappa shape index (κ2) is 8.99. The van der Waals surface area contributed by atoms with Crippen molar-refractivity contribution in [3.63, 3.8) is 0 Å². The van der Waals surface area contributed by atoms with Crippen molar-refractivity contribution in [2.75, 3.05) is 40.5 Å². The van der Waals surface area contributed by atoms with Crippen LogP contribution < -0.4 is 4.74 Å². The Hall–Kier alpha value is -2.03. The fourth-order valence-corrected chi connectivity index (χ4v) is 4.56. The Bertz CT molecular complexity index is 855. The lowest BCUT2D eigenvalue weighted by molar-refractivity contribution is -0.0840. The summed E-state index contributed by atoms with van der Waals surface area (Å²) in [6.07, 6.45) is 5.39. The highest BCUT2D eigenvalue weighted by molar-refractivity contribution is 5.41. The number of pyridine rings is 1. The second-order valence-corrected chi connectivity index (χ2v) is 8.37. The molecule has 164 valence electrons. The molecule has 8 heteroatoms. The lowest BCUT2D eigenvalue weighted by Gasteiger charge is -2.38. The molecule has 2 aliphatic heterocycles. The Kier molecular flexibility index (Phi) is 6.36. The molecule has 0 aliphatic carbocycles. The van der Waals surface area contributed by atoms with E-state index in [-0.39, 0.29) is 0 Å². The normalized spacial score (nSPS) is 20.4. The molecule has 0 bridgehead atoms. The number of aryl methyl sites for hydroxylation is 1. The van der Waals surface area contributed by atoms with Crippen molar-refractivity contribution >= 4 is 0 Å². The topological polar surface area (TPSA) is 82.7 Å². The molecule has 0 radical (unpaired) electrons. The number of hydrogen-bond acceptors (Lipinski definition) is 8. The van der Waals surface area contributed by atoms with Gasteiger partial charge in [0.25, 0.3) is 5.89 Å². The monoisotopic (exact) mass is 416 g/mol. The van der Waals surface area contributed by atoms with E-state index in [0.29, 0.717) is 11.8 Å². The maximum atomic E-state index is 5.96. The van der Waals surface area contributed by atoms with Crippen molar-refractivity contribution in [3.05, 3.63) is 34.7 Å². The smallest absolute Gasteiger partial charge is 0.258 e. The van der Waals surface area contributed by atoms with E-state index in [1.54, 1.807) is 14.2 Å². The molecule has 4 heterocycles. The van der Waals surface area contributed by atoms with Crippen LogP contribution >= 0.6 is 0 Å². The summed E-state index contributed by atoms with van der Waals surface area (Å²) in [6, 6.07) is 0. The van der Waals surface area contributed by atoms with Gasteiger partial charge in [-0.05, 0) is 39.5 Å². The maximum absolute atomic E-state index is 5.96. The molecule has 0 amide bonds.